The van der Waals surface area contributed by atoms with Crippen molar-refractivity contribution in [2.45, 2.75) is 77.7 Å². The van der Waals surface area contributed by atoms with E-state index in [1.165, 1.54) is 12.5 Å². The number of halogens is 1. The van der Waals surface area contributed by atoms with E-state index in [1.807, 2.05) is 13.8 Å². The van der Waals surface area contributed by atoms with Crippen LogP contribution in [0.2, 0.25) is 0 Å². The van der Waals surface area contributed by atoms with Gasteiger partial charge in [0.15, 0.2) is 17.2 Å². The smallest absolute Gasteiger partial charge is 0.197 e. The largest absolute Gasteiger partial charge is 0.508 e. The van der Waals surface area contributed by atoms with Gasteiger partial charge in [0, 0.05) is 18.1 Å². The molecule has 1 aromatic carbocycles. The number of benzene rings is 1. The first-order valence-corrected chi connectivity index (χ1v) is 11.4. The number of carbonyl (C=O) groups excluding carboxylic acids is 2. The van der Waals surface area contributed by atoms with Gasteiger partial charge < -0.3 is 15.3 Å². The first-order chi connectivity index (χ1) is 14.6. The molecule has 32 heavy (non-hydrogen) atoms. The zero-order chi connectivity index (χ0) is 24.2. The molecule has 174 valence electrons. The number of fused-ring (bicyclic) bond motifs is 1. The molecule has 0 amide bonds. The number of ketones is 2. The average molecular weight is 461 g/mol. The van der Waals surface area contributed by atoms with E-state index in [4.69, 9.17) is 11.6 Å². The van der Waals surface area contributed by atoms with Gasteiger partial charge in [0.1, 0.15) is 16.4 Å². The highest BCUT2D eigenvalue weighted by Crippen LogP contribution is 2.50. The number of phenols is 2. The van der Waals surface area contributed by atoms with Gasteiger partial charge in [0.2, 0.25) is 0 Å². The van der Waals surface area contributed by atoms with Crippen LogP contribution in [0.3, 0.4) is 0 Å². The van der Waals surface area contributed by atoms with Gasteiger partial charge in [-0.05, 0) is 64.4 Å². The Labute approximate surface area is 194 Å². The third-order valence-corrected chi connectivity index (χ3v) is 8.01. The molecule has 6 heteroatoms. The van der Waals surface area contributed by atoms with Crippen molar-refractivity contribution in [2.75, 3.05) is 0 Å². The number of phenolic OH excluding ortho intramolecular Hbond substituents is 2. The summed E-state index contributed by atoms with van der Waals surface area (Å²) in [5, 5.41) is 31.8. The average Bonchev–Trinajstić information content (AvgIpc) is 2.66. The van der Waals surface area contributed by atoms with E-state index in [0.29, 0.717) is 6.42 Å². The maximum atomic E-state index is 13.5. The minimum atomic E-state index is -2.22. The van der Waals surface area contributed by atoms with Crippen LogP contribution in [-0.4, -0.2) is 37.4 Å². The summed E-state index contributed by atoms with van der Waals surface area (Å²) in [6.07, 6.45) is 4.87. The van der Waals surface area contributed by atoms with Crippen molar-refractivity contribution < 1.29 is 24.9 Å². The van der Waals surface area contributed by atoms with Crippen molar-refractivity contribution in [2.24, 2.45) is 11.3 Å². The number of hydrogen-bond donors (Lipinski definition) is 3. The third kappa shape index (κ3) is 3.80. The van der Waals surface area contributed by atoms with Gasteiger partial charge in [-0.2, -0.15) is 0 Å². The highest BCUT2D eigenvalue weighted by Gasteiger charge is 2.61. The fraction of sp³-hybridized carbons (Fsp3) is 0.538. The van der Waals surface area contributed by atoms with Crippen LogP contribution in [0.25, 0.3) is 0 Å². The Kier molecular flexibility index (Phi) is 6.16. The molecule has 1 aromatic rings. The van der Waals surface area contributed by atoms with Crippen LogP contribution in [0, 0.1) is 11.3 Å². The van der Waals surface area contributed by atoms with Gasteiger partial charge in [-0.15, -0.1) is 11.6 Å². The first kappa shape index (κ1) is 24.5. The molecule has 0 aliphatic heterocycles. The summed E-state index contributed by atoms with van der Waals surface area (Å²) < 4.78 is 0. The Morgan fingerprint density at radius 1 is 1.12 bits per heavy atom. The van der Waals surface area contributed by atoms with E-state index in [0.717, 1.165) is 36.1 Å². The molecule has 0 saturated carbocycles. The Morgan fingerprint density at radius 3 is 2.31 bits per heavy atom. The lowest BCUT2D eigenvalue weighted by molar-refractivity contribution is 0.00809. The molecule has 3 atom stereocenters. The minimum absolute atomic E-state index is 0.0585. The van der Waals surface area contributed by atoms with Crippen molar-refractivity contribution in [1.29, 1.82) is 0 Å². The molecule has 0 spiro atoms. The predicted molar refractivity (Wildman–Crippen MR) is 126 cm³/mol. The molecular weight excluding hydrogens is 428 g/mol. The Morgan fingerprint density at radius 2 is 1.75 bits per heavy atom. The number of aliphatic hydroxyl groups is 1. The van der Waals surface area contributed by atoms with E-state index in [-0.39, 0.29) is 34.6 Å². The van der Waals surface area contributed by atoms with Crippen molar-refractivity contribution >= 4 is 23.2 Å². The second-order valence-corrected chi connectivity index (χ2v) is 11.2. The molecule has 5 nitrogen and oxygen atoms in total. The molecule has 0 bridgehead atoms. The highest BCUT2D eigenvalue weighted by molar-refractivity contribution is 6.44. The second-order valence-electron chi connectivity index (χ2n) is 10.4. The normalized spacial score (nSPS) is 29.4. The van der Waals surface area contributed by atoms with Crippen LogP contribution < -0.4 is 0 Å². The van der Waals surface area contributed by atoms with E-state index < -0.39 is 27.8 Å². The van der Waals surface area contributed by atoms with Crippen LogP contribution in [0.5, 0.6) is 11.5 Å². The number of carbonyl (C=O) groups is 2. The molecule has 0 unspecified atom stereocenters. The molecule has 0 radical (unpaired) electrons. The molecule has 3 N–H and O–H groups in total. The lowest BCUT2D eigenvalue weighted by atomic mass is 9.63. The van der Waals surface area contributed by atoms with Crippen LogP contribution in [-0.2, 0) is 0 Å². The zero-order valence-corrected chi connectivity index (χ0v) is 20.4. The van der Waals surface area contributed by atoms with Crippen LogP contribution in [0.1, 0.15) is 87.9 Å². The summed E-state index contributed by atoms with van der Waals surface area (Å²) in [5.74, 6) is -2.17. The first-order valence-electron chi connectivity index (χ1n) is 11.0. The fourth-order valence-corrected chi connectivity index (χ4v) is 5.43. The molecule has 2 aliphatic carbocycles. The number of aromatic hydroxyl groups is 2. The Bertz CT molecular complexity index is 1040. The van der Waals surface area contributed by atoms with Gasteiger partial charge in [-0.3, -0.25) is 9.59 Å². The molecule has 0 saturated heterocycles. The Balaban J connectivity index is 2.08. The van der Waals surface area contributed by atoms with Gasteiger partial charge in [0.05, 0.1) is 5.56 Å². The van der Waals surface area contributed by atoms with E-state index in [1.54, 1.807) is 0 Å². The fourth-order valence-electron chi connectivity index (χ4n) is 5.18. The van der Waals surface area contributed by atoms with Crippen molar-refractivity contribution in [3.63, 3.8) is 0 Å². The summed E-state index contributed by atoms with van der Waals surface area (Å²) in [4.78, 5) is 24.7. The molecule has 0 fully saturated rings. The summed E-state index contributed by atoms with van der Waals surface area (Å²) in [6, 6.07) is 2.09. The zero-order valence-electron chi connectivity index (χ0n) is 19.7. The van der Waals surface area contributed by atoms with Crippen molar-refractivity contribution in [3.05, 3.63) is 46.1 Å². The molecular formula is C26H33ClO5. The minimum Gasteiger partial charge on any atom is -0.508 e. The molecule has 0 heterocycles. The lowest BCUT2D eigenvalue weighted by Gasteiger charge is -2.44. The highest BCUT2D eigenvalue weighted by atomic mass is 35.5. The summed E-state index contributed by atoms with van der Waals surface area (Å²) >= 11 is 6.61. The summed E-state index contributed by atoms with van der Waals surface area (Å²) in [6.45, 7) is 11.8. The standard InChI is InChI=1S/C26H33ClO5/c1-14(2)16(10-19-15(3)8-7-9-24(19,4)5)13-26(32)22(30)18-11-17(28)12-20(29)21(18)23(31)25(26,6)27/h8,11-12,19,28-29,32H,7,9-10,13H2,1-6H3/t19-,25+,26+/m0/s1. The van der Waals surface area contributed by atoms with Gasteiger partial charge in [0.25, 0.3) is 0 Å². The number of rotatable bonds is 4. The van der Waals surface area contributed by atoms with Crippen LogP contribution in [0.15, 0.2) is 34.9 Å². The second kappa shape index (κ2) is 8.03. The third-order valence-electron chi connectivity index (χ3n) is 7.53. The summed E-state index contributed by atoms with van der Waals surface area (Å²) in [5.41, 5.74) is 0.485. The maximum absolute atomic E-state index is 13.5. The van der Waals surface area contributed by atoms with Crippen molar-refractivity contribution in [1.82, 2.24) is 0 Å². The number of allylic oxidation sites excluding steroid dienone is 3. The van der Waals surface area contributed by atoms with E-state index in [2.05, 4.69) is 26.8 Å². The molecule has 0 aromatic heterocycles. The van der Waals surface area contributed by atoms with Crippen molar-refractivity contribution in [3.8, 4) is 11.5 Å². The number of Topliss-reactive ketones (excluding diaryl/α,β-unsaturated/α-hetero) is 2. The van der Waals surface area contributed by atoms with Gasteiger partial charge in [-0.25, -0.2) is 0 Å². The Hall–Kier alpha value is -2.11. The quantitative estimate of drug-likeness (QED) is 0.395. The predicted octanol–water partition coefficient (Wildman–Crippen LogP) is 5.70. The van der Waals surface area contributed by atoms with Crippen LogP contribution >= 0.6 is 11.6 Å². The molecule has 2 aliphatic rings. The molecule has 3 rings (SSSR count). The van der Waals surface area contributed by atoms with E-state index in [9.17, 15) is 24.9 Å². The van der Waals surface area contributed by atoms with E-state index >= 15 is 0 Å². The number of hydrogen-bond acceptors (Lipinski definition) is 5. The van der Waals surface area contributed by atoms with Gasteiger partial charge >= 0.3 is 0 Å². The summed E-state index contributed by atoms with van der Waals surface area (Å²) in [7, 11) is 0. The SMILES string of the molecule is CC1=CCCC(C)(C)[C@H]1CC(C[C@@]1(O)C(=O)c2cc(O)cc(O)c2C(=O)[C@@]1(C)Cl)=C(C)C. The monoisotopic (exact) mass is 460 g/mol. The maximum Gasteiger partial charge on any atom is 0.197 e. The van der Waals surface area contributed by atoms with Crippen LogP contribution in [0.4, 0.5) is 0 Å². The number of alkyl halides is 1. The van der Waals surface area contributed by atoms with Gasteiger partial charge in [-0.1, -0.05) is 36.6 Å². The lowest BCUT2D eigenvalue weighted by Crippen LogP contribution is -2.62. The topological polar surface area (TPSA) is 94.8 Å².